The Labute approximate surface area is 175 Å². The maximum Gasteiger partial charge on any atom is 0.276 e. The third-order valence-corrected chi connectivity index (χ3v) is 5.04. The molecule has 4 rings (SSSR count). The predicted octanol–water partition coefficient (Wildman–Crippen LogP) is 3.38. The van der Waals surface area contributed by atoms with Gasteiger partial charge in [0.2, 0.25) is 0 Å². The van der Waals surface area contributed by atoms with Crippen molar-refractivity contribution in [3.8, 4) is 11.4 Å². The van der Waals surface area contributed by atoms with Crippen molar-refractivity contribution in [3.05, 3.63) is 100 Å². The van der Waals surface area contributed by atoms with Crippen LogP contribution in [0.4, 0.5) is 0 Å². The summed E-state index contributed by atoms with van der Waals surface area (Å²) in [7, 11) is 1.92. The standard InChI is InChI=1S/C22H23N5O.ClH/c1-17-21(22(28)27(25(17)2)20-6-4-3-5-7-20)15-24-14-18-8-10-19(11-9-18)26-13-12-23-16-26;/h3-13,16,24H,14-15H2,1-2H3;1H. The van der Waals surface area contributed by atoms with Gasteiger partial charge >= 0.3 is 0 Å². The van der Waals surface area contributed by atoms with Crippen molar-refractivity contribution >= 4 is 12.4 Å². The van der Waals surface area contributed by atoms with Gasteiger partial charge in [-0.15, -0.1) is 12.4 Å². The normalized spacial score (nSPS) is 10.7. The fourth-order valence-corrected chi connectivity index (χ4v) is 3.36. The van der Waals surface area contributed by atoms with Gasteiger partial charge in [-0.25, -0.2) is 9.67 Å². The second kappa shape index (κ2) is 8.94. The zero-order valence-electron chi connectivity index (χ0n) is 16.4. The van der Waals surface area contributed by atoms with Gasteiger partial charge in [-0.1, -0.05) is 30.3 Å². The summed E-state index contributed by atoms with van der Waals surface area (Å²) in [5.74, 6) is 0. The molecule has 6 nitrogen and oxygen atoms in total. The molecule has 0 fully saturated rings. The second-order valence-electron chi connectivity index (χ2n) is 6.78. The number of imidazole rings is 1. The Morgan fingerprint density at radius 3 is 2.34 bits per heavy atom. The van der Waals surface area contributed by atoms with Gasteiger partial charge < -0.3 is 9.88 Å². The van der Waals surface area contributed by atoms with Crippen LogP contribution in [0.1, 0.15) is 16.8 Å². The molecule has 0 saturated carbocycles. The molecular weight excluding hydrogens is 386 g/mol. The number of hydrogen-bond donors (Lipinski definition) is 1. The first-order valence-electron chi connectivity index (χ1n) is 9.26. The molecular formula is C22H24ClN5O. The summed E-state index contributed by atoms with van der Waals surface area (Å²) in [6.45, 7) is 3.21. The van der Waals surface area contributed by atoms with Crippen molar-refractivity contribution in [1.82, 2.24) is 24.2 Å². The van der Waals surface area contributed by atoms with Gasteiger partial charge in [-0.05, 0) is 36.8 Å². The Bertz CT molecular complexity index is 1110. The summed E-state index contributed by atoms with van der Waals surface area (Å²) in [6.07, 6.45) is 5.46. The summed E-state index contributed by atoms with van der Waals surface area (Å²) >= 11 is 0. The van der Waals surface area contributed by atoms with Crippen molar-refractivity contribution in [3.63, 3.8) is 0 Å². The van der Waals surface area contributed by atoms with E-state index in [-0.39, 0.29) is 18.0 Å². The minimum Gasteiger partial charge on any atom is -0.308 e. The molecule has 2 aromatic heterocycles. The van der Waals surface area contributed by atoms with E-state index in [1.165, 1.54) is 5.56 Å². The van der Waals surface area contributed by atoms with E-state index in [0.29, 0.717) is 13.1 Å². The largest absolute Gasteiger partial charge is 0.308 e. The van der Waals surface area contributed by atoms with Crippen LogP contribution in [-0.2, 0) is 20.1 Å². The van der Waals surface area contributed by atoms with E-state index in [1.54, 1.807) is 17.2 Å². The minimum atomic E-state index is 0. The Hall–Kier alpha value is -3.09. The maximum atomic E-state index is 12.9. The van der Waals surface area contributed by atoms with Crippen LogP contribution in [0.3, 0.4) is 0 Å². The van der Waals surface area contributed by atoms with E-state index in [0.717, 1.165) is 22.6 Å². The minimum absolute atomic E-state index is 0. The zero-order valence-corrected chi connectivity index (χ0v) is 17.3. The number of aromatic nitrogens is 4. The Kier molecular flexibility index (Phi) is 6.36. The number of halogens is 1. The first kappa shape index (κ1) is 20.6. The fourth-order valence-electron chi connectivity index (χ4n) is 3.36. The number of rotatable bonds is 6. The quantitative estimate of drug-likeness (QED) is 0.531. The van der Waals surface area contributed by atoms with Crippen molar-refractivity contribution < 1.29 is 0 Å². The van der Waals surface area contributed by atoms with Gasteiger partial charge in [0.05, 0.1) is 17.6 Å². The number of benzene rings is 2. The lowest BCUT2D eigenvalue weighted by atomic mass is 10.2. The van der Waals surface area contributed by atoms with E-state index in [9.17, 15) is 4.79 Å². The van der Waals surface area contributed by atoms with Crippen LogP contribution < -0.4 is 10.9 Å². The van der Waals surface area contributed by atoms with Crippen LogP contribution in [0.25, 0.3) is 11.4 Å². The van der Waals surface area contributed by atoms with Crippen LogP contribution in [0.5, 0.6) is 0 Å². The Balaban J connectivity index is 0.00000240. The van der Waals surface area contributed by atoms with E-state index in [1.807, 2.05) is 59.7 Å². The molecule has 0 amide bonds. The zero-order chi connectivity index (χ0) is 19.5. The summed E-state index contributed by atoms with van der Waals surface area (Å²) in [5, 5.41) is 3.40. The molecule has 0 atom stereocenters. The molecule has 0 aliphatic heterocycles. The Morgan fingerprint density at radius 1 is 0.966 bits per heavy atom. The highest BCUT2D eigenvalue weighted by Gasteiger charge is 2.15. The molecule has 0 radical (unpaired) electrons. The number of nitrogens with zero attached hydrogens (tertiary/aromatic N) is 4. The first-order chi connectivity index (χ1) is 13.6. The molecule has 0 saturated heterocycles. The first-order valence-corrected chi connectivity index (χ1v) is 9.26. The maximum absolute atomic E-state index is 12.9. The highest BCUT2D eigenvalue weighted by Crippen LogP contribution is 2.11. The van der Waals surface area contributed by atoms with Gasteiger partial charge in [0.25, 0.3) is 5.56 Å². The SMILES string of the molecule is Cc1c(CNCc2ccc(-n3ccnc3)cc2)c(=O)n(-c2ccccc2)n1C.Cl. The van der Waals surface area contributed by atoms with E-state index >= 15 is 0 Å². The summed E-state index contributed by atoms with van der Waals surface area (Å²) in [6, 6.07) is 18.0. The van der Waals surface area contributed by atoms with Gasteiger partial charge in [0, 0.05) is 43.9 Å². The molecule has 7 heteroatoms. The van der Waals surface area contributed by atoms with Crippen LogP contribution in [-0.4, -0.2) is 18.9 Å². The van der Waals surface area contributed by atoms with E-state index < -0.39 is 0 Å². The molecule has 2 heterocycles. The average Bonchev–Trinajstić information content (AvgIpc) is 3.33. The second-order valence-corrected chi connectivity index (χ2v) is 6.78. The van der Waals surface area contributed by atoms with E-state index in [2.05, 4.69) is 34.6 Å². The molecule has 150 valence electrons. The smallest absolute Gasteiger partial charge is 0.276 e. The van der Waals surface area contributed by atoms with Gasteiger partial charge in [0.15, 0.2) is 0 Å². The van der Waals surface area contributed by atoms with Crippen LogP contribution in [0.2, 0.25) is 0 Å². The van der Waals surface area contributed by atoms with Crippen LogP contribution in [0, 0.1) is 6.92 Å². The molecule has 0 spiro atoms. The highest BCUT2D eigenvalue weighted by atomic mass is 35.5. The Morgan fingerprint density at radius 2 is 1.69 bits per heavy atom. The van der Waals surface area contributed by atoms with Crippen LogP contribution in [0.15, 0.2) is 78.1 Å². The number of nitrogens with one attached hydrogen (secondary N) is 1. The summed E-state index contributed by atoms with van der Waals surface area (Å²) in [4.78, 5) is 17.0. The molecule has 29 heavy (non-hydrogen) atoms. The monoisotopic (exact) mass is 409 g/mol. The van der Waals surface area contributed by atoms with Crippen molar-refractivity contribution in [2.45, 2.75) is 20.0 Å². The van der Waals surface area contributed by atoms with E-state index in [4.69, 9.17) is 0 Å². The summed E-state index contributed by atoms with van der Waals surface area (Å²) < 4.78 is 5.59. The molecule has 0 bridgehead atoms. The lowest BCUT2D eigenvalue weighted by Gasteiger charge is -2.07. The number of hydrogen-bond acceptors (Lipinski definition) is 3. The molecule has 2 aromatic carbocycles. The summed E-state index contributed by atoms with van der Waals surface area (Å²) in [5.41, 5.74) is 4.90. The van der Waals surface area contributed by atoms with Gasteiger partial charge in [0.1, 0.15) is 0 Å². The highest BCUT2D eigenvalue weighted by molar-refractivity contribution is 5.85. The fraction of sp³-hybridized carbons (Fsp3) is 0.182. The van der Waals surface area contributed by atoms with Gasteiger partial charge in [-0.2, -0.15) is 0 Å². The van der Waals surface area contributed by atoms with Gasteiger partial charge in [-0.3, -0.25) is 9.48 Å². The number of para-hydroxylation sites is 1. The van der Waals surface area contributed by atoms with Crippen molar-refractivity contribution in [2.75, 3.05) is 0 Å². The molecule has 0 aliphatic rings. The predicted molar refractivity (Wildman–Crippen MR) is 117 cm³/mol. The lowest BCUT2D eigenvalue weighted by molar-refractivity contribution is 0.629. The average molecular weight is 410 g/mol. The molecule has 0 aliphatic carbocycles. The van der Waals surface area contributed by atoms with Crippen molar-refractivity contribution in [1.29, 1.82) is 0 Å². The molecule has 1 N–H and O–H groups in total. The van der Waals surface area contributed by atoms with Crippen LogP contribution >= 0.6 is 12.4 Å². The molecule has 4 aromatic rings. The van der Waals surface area contributed by atoms with Crippen molar-refractivity contribution in [2.24, 2.45) is 7.05 Å². The lowest BCUT2D eigenvalue weighted by Crippen LogP contribution is -2.23. The third-order valence-electron chi connectivity index (χ3n) is 5.04. The molecule has 0 unspecified atom stereocenters. The topological polar surface area (TPSA) is 56.8 Å². The third kappa shape index (κ3) is 4.18.